The molecule has 2 amide bonds. The lowest BCUT2D eigenvalue weighted by molar-refractivity contribution is 0.207. The third kappa shape index (κ3) is 8.15. The molecule has 3 N–H and O–H groups in total. The Hall–Kier alpha value is -0.620. The molecule has 6 heteroatoms. The summed E-state index contributed by atoms with van der Waals surface area (Å²) in [6.45, 7) is 6.18. The molecule has 17 heavy (non-hydrogen) atoms. The first-order chi connectivity index (χ1) is 7.86. The van der Waals surface area contributed by atoms with E-state index < -0.39 is 10.8 Å². The zero-order valence-corrected chi connectivity index (χ0v) is 11.8. The van der Waals surface area contributed by atoms with Crippen LogP contribution in [0.5, 0.6) is 0 Å². The van der Waals surface area contributed by atoms with Crippen LogP contribution < -0.4 is 10.6 Å². The average molecular weight is 264 g/mol. The van der Waals surface area contributed by atoms with Crippen LogP contribution in [0.2, 0.25) is 0 Å². The van der Waals surface area contributed by atoms with Crippen molar-refractivity contribution < 1.29 is 14.1 Å². The monoisotopic (exact) mass is 264 g/mol. The molecule has 5 nitrogen and oxygen atoms in total. The molecule has 0 aliphatic rings. The minimum Gasteiger partial charge on any atom is -0.394 e. The molecule has 0 heterocycles. The van der Waals surface area contributed by atoms with E-state index in [4.69, 9.17) is 5.11 Å². The molecule has 0 bridgehead atoms. The molecular weight excluding hydrogens is 240 g/mol. The van der Waals surface area contributed by atoms with Crippen LogP contribution in [-0.4, -0.2) is 46.0 Å². The predicted molar refractivity (Wildman–Crippen MR) is 70.4 cm³/mol. The number of hydrogen-bond acceptors (Lipinski definition) is 3. The van der Waals surface area contributed by atoms with Crippen LogP contribution in [0.3, 0.4) is 0 Å². The SMILES string of the molecule is CC(C)CC(CO)NC(=O)NCC(C)S(C)=O. The summed E-state index contributed by atoms with van der Waals surface area (Å²) < 4.78 is 11.1. The number of nitrogens with one attached hydrogen (secondary N) is 2. The summed E-state index contributed by atoms with van der Waals surface area (Å²) in [5, 5.41) is 14.4. The summed E-state index contributed by atoms with van der Waals surface area (Å²) in [6.07, 6.45) is 2.35. The lowest BCUT2D eigenvalue weighted by Crippen LogP contribution is -2.46. The van der Waals surface area contributed by atoms with E-state index in [0.717, 1.165) is 6.42 Å². The van der Waals surface area contributed by atoms with Gasteiger partial charge >= 0.3 is 6.03 Å². The van der Waals surface area contributed by atoms with Gasteiger partial charge < -0.3 is 15.7 Å². The van der Waals surface area contributed by atoms with Crippen molar-refractivity contribution in [1.82, 2.24) is 10.6 Å². The number of carbonyl (C=O) groups excluding carboxylic acids is 1. The smallest absolute Gasteiger partial charge is 0.315 e. The van der Waals surface area contributed by atoms with Crippen molar-refractivity contribution in [3.63, 3.8) is 0 Å². The number of rotatable bonds is 7. The van der Waals surface area contributed by atoms with Crippen LogP contribution in [0.15, 0.2) is 0 Å². The first kappa shape index (κ1) is 16.4. The number of hydrogen-bond donors (Lipinski definition) is 3. The highest BCUT2D eigenvalue weighted by atomic mass is 32.2. The van der Waals surface area contributed by atoms with Gasteiger partial charge in [-0.3, -0.25) is 4.21 Å². The largest absolute Gasteiger partial charge is 0.394 e. The van der Waals surface area contributed by atoms with E-state index in [0.29, 0.717) is 12.5 Å². The van der Waals surface area contributed by atoms with Gasteiger partial charge in [-0.15, -0.1) is 0 Å². The Bertz CT molecular complexity index is 259. The minimum atomic E-state index is -0.942. The molecule has 0 spiro atoms. The molecule has 3 atom stereocenters. The Morgan fingerprint density at radius 2 is 1.94 bits per heavy atom. The van der Waals surface area contributed by atoms with Crippen LogP contribution in [-0.2, 0) is 10.8 Å². The van der Waals surface area contributed by atoms with Gasteiger partial charge in [0.15, 0.2) is 0 Å². The fraction of sp³-hybridized carbons (Fsp3) is 0.909. The van der Waals surface area contributed by atoms with Crippen LogP contribution in [0.4, 0.5) is 4.79 Å². The molecule has 0 aromatic rings. The van der Waals surface area contributed by atoms with Crippen molar-refractivity contribution in [2.24, 2.45) is 5.92 Å². The first-order valence-electron chi connectivity index (χ1n) is 5.84. The number of aliphatic hydroxyl groups excluding tert-OH is 1. The van der Waals surface area contributed by atoms with E-state index in [2.05, 4.69) is 10.6 Å². The van der Waals surface area contributed by atoms with Gasteiger partial charge in [0.2, 0.25) is 0 Å². The molecule has 0 aromatic heterocycles. The van der Waals surface area contributed by atoms with E-state index in [-0.39, 0.29) is 23.9 Å². The van der Waals surface area contributed by atoms with Crippen molar-refractivity contribution in [3.05, 3.63) is 0 Å². The van der Waals surface area contributed by atoms with E-state index in [1.54, 1.807) is 6.26 Å². The van der Waals surface area contributed by atoms with Crippen molar-refractivity contribution in [2.75, 3.05) is 19.4 Å². The van der Waals surface area contributed by atoms with Crippen molar-refractivity contribution in [2.45, 2.75) is 38.5 Å². The lowest BCUT2D eigenvalue weighted by atomic mass is 10.0. The van der Waals surface area contributed by atoms with E-state index >= 15 is 0 Å². The topological polar surface area (TPSA) is 78.4 Å². The predicted octanol–water partition coefficient (Wildman–Crippen LogP) is 0.460. The Kier molecular flexibility index (Phi) is 8.16. The molecule has 0 aromatic carbocycles. The first-order valence-corrected chi connectivity index (χ1v) is 7.46. The Morgan fingerprint density at radius 3 is 2.35 bits per heavy atom. The fourth-order valence-electron chi connectivity index (χ4n) is 1.34. The summed E-state index contributed by atoms with van der Waals surface area (Å²) in [7, 11) is -0.942. The van der Waals surface area contributed by atoms with Gasteiger partial charge in [0, 0.05) is 28.9 Å². The molecule has 0 radical (unpaired) electrons. The molecule has 0 rings (SSSR count). The molecule has 3 unspecified atom stereocenters. The fourth-order valence-corrected chi connectivity index (χ4v) is 1.66. The molecule has 0 aliphatic heterocycles. The molecular formula is C11H24N2O3S. The minimum absolute atomic E-state index is 0.0686. The molecule has 102 valence electrons. The number of urea groups is 1. The highest BCUT2D eigenvalue weighted by Crippen LogP contribution is 2.03. The highest BCUT2D eigenvalue weighted by Gasteiger charge is 2.14. The highest BCUT2D eigenvalue weighted by molar-refractivity contribution is 7.84. The Balaban J connectivity index is 3.94. The summed E-state index contributed by atoms with van der Waals surface area (Å²) in [4.78, 5) is 11.5. The Morgan fingerprint density at radius 1 is 1.35 bits per heavy atom. The quantitative estimate of drug-likeness (QED) is 0.625. The molecule has 0 saturated heterocycles. The van der Waals surface area contributed by atoms with E-state index in [1.807, 2.05) is 20.8 Å². The van der Waals surface area contributed by atoms with Gasteiger partial charge in [-0.2, -0.15) is 0 Å². The summed E-state index contributed by atoms with van der Waals surface area (Å²) in [5.41, 5.74) is 0. The Labute approximate surface area is 106 Å². The van der Waals surface area contributed by atoms with Crippen molar-refractivity contribution >= 4 is 16.8 Å². The average Bonchev–Trinajstić information content (AvgIpc) is 2.23. The van der Waals surface area contributed by atoms with Crippen LogP contribution in [0.25, 0.3) is 0 Å². The standard InChI is InChI=1S/C11H24N2O3S/c1-8(2)5-10(7-14)13-11(15)12-6-9(3)17(4)16/h8-10,14H,5-7H2,1-4H3,(H2,12,13,15). The van der Waals surface area contributed by atoms with Crippen molar-refractivity contribution in [1.29, 1.82) is 0 Å². The maximum absolute atomic E-state index is 11.5. The zero-order chi connectivity index (χ0) is 13.4. The van der Waals surface area contributed by atoms with E-state index in [9.17, 15) is 9.00 Å². The van der Waals surface area contributed by atoms with Crippen molar-refractivity contribution in [3.8, 4) is 0 Å². The van der Waals surface area contributed by atoms with Crippen LogP contribution in [0.1, 0.15) is 27.2 Å². The second kappa shape index (κ2) is 8.47. The van der Waals surface area contributed by atoms with Crippen LogP contribution in [0, 0.1) is 5.92 Å². The molecule has 0 saturated carbocycles. The molecule has 0 fully saturated rings. The maximum atomic E-state index is 11.5. The van der Waals surface area contributed by atoms with Gasteiger partial charge in [0.1, 0.15) is 0 Å². The van der Waals surface area contributed by atoms with Gasteiger partial charge in [0.05, 0.1) is 12.6 Å². The number of carbonyl (C=O) groups is 1. The number of aliphatic hydroxyl groups is 1. The van der Waals surface area contributed by atoms with Gasteiger partial charge in [-0.25, -0.2) is 4.79 Å². The molecule has 0 aliphatic carbocycles. The lowest BCUT2D eigenvalue weighted by Gasteiger charge is -2.19. The van der Waals surface area contributed by atoms with Gasteiger partial charge in [-0.05, 0) is 19.3 Å². The third-order valence-corrected chi connectivity index (χ3v) is 3.73. The maximum Gasteiger partial charge on any atom is 0.315 e. The second-order valence-electron chi connectivity index (χ2n) is 4.67. The van der Waals surface area contributed by atoms with E-state index in [1.165, 1.54) is 0 Å². The summed E-state index contributed by atoms with van der Waals surface area (Å²) in [5.74, 6) is 0.412. The normalized spacial score (nSPS) is 16.4. The summed E-state index contributed by atoms with van der Waals surface area (Å²) >= 11 is 0. The third-order valence-electron chi connectivity index (χ3n) is 2.43. The number of amides is 2. The zero-order valence-electron chi connectivity index (χ0n) is 11.0. The van der Waals surface area contributed by atoms with Gasteiger partial charge in [0.25, 0.3) is 0 Å². The van der Waals surface area contributed by atoms with Gasteiger partial charge in [-0.1, -0.05) is 13.8 Å². The summed E-state index contributed by atoms with van der Waals surface area (Å²) in [6, 6.07) is -0.542. The van der Waals surface area contributed by atoms with Crippen LogP contribution >= 0.6 is 0 Å². The second-order valence-corrected chi connectivity index (χ2v) is 6.47.